The van der Waals surface area contributed by atoms with E-state index in [1.54, 1.807) is 28.8 Å². The van der Waals surface area contributed by atoms with E-state index in [1.165, 1.54) is 0 Å². The van der Waals surface area contributed by atoms with Crippen molar-refractivity contribution >= 4 is 52.0 Å². The molecule has 0 bridgehead atoms. The molecule has 4 aromatic rings. The molecule has 0 spiro atoms. The van der Waals surface area contributed by atoms with Crippen molar-refractivity contribution in [3.63, 3.8) is 0 Å². The summed E-state index contributed by atoms with van der Waals surface area (Å²) in [5, 5.41) is 7.63. The summed E-state index contributed by atoms with van der Waals surface area (Å²) in [4.78, 5) is 46.1. The van der Waals surface area contributed by atoms with Crippen LogP contribution >= 0.6 is 23.4 Å². The molecule has 3 aromatic carbocycles. The summed E-state index contributed by atoms with van der Waals surface area (Å²) in [6.45, 7) is 0.325. The molecule has 204 valence electrons. The van der Waals surface area contributed by atoms with E-state index in [-0.39, 0.29) is 23.8 Å². The van der Waals surface area contributed by atoms with E-state index in [0.29, 0.717) is 35.7 Å². The Morgan fingerprint density at radius 1 is 1.07 bits per heavy atom. The molecule has 3 N–H and O–H groups in total. The van der Waals surface area contributed by atoms with Crippen molar-refractivity contribution < 1.29 is 14.4 Å². The SMILES string of the molecule is CSCC[C@H](NC(=O)[C@@H]1Cc2c([nH]c3ccccc23)C2c3ccccc3C(=O)N21)C(=O)NCc1ccc(Cl)cc1. The number of para-hydroxylation sites is 1. The monoisotopic (exact) mass is 572 g/mol. The lowest BCUT2D eigenvalue weighted by atomic mass is 9.89. The van der Waals surface area contributed by atoms with Gasteiger partial charge >= 0.3 is 0 Å². The molecule has 2 aliphatic rings. The third-order valence-electron chi connectivity index (χ3n) is 7.78. The maximum atomic E-state index is 14.0. The minimum absolute atomic E-state index is 0.169. The number of benzene rings is 3. The van der Waals surface area contributed by atoms with Crippen LogP contribution in [0.4, 0.5) is 0 Å². The number of amides is 3. The zero-order valence-corrected chi connectivity index (χ0v) is 23.5. The van der Waals surface area contributed by atoms with E-state index < -0.39 is 12.1 Å². The van der Waals surface area contributed by atoms with E-state index in [1.807, 2.05) is 66.9 Å². The van der Waals surface area contributed by atoms with Gasteiger partial charge < -0.3 is 20.5 Å². The number of aromatic amines is 1. The van der Waals surface area contributed by atoms with Crippen LogP contribution in [0.25, 0.3) is 10.9 Å². The number of rotatable bonds is 8. The molecule has 3 heterocycles. The zero-order valence-electron chi connectivity index (χ0n) is 21.9. The van der Waals surface area contributed by atoms with Gasteiger partial charge in [0.15, 0.2) is 0 Å². The van der Waals surface area contributed by atoms with E-state index in [0.717, 1.165) is 33.3 Å². The predicted octanol–water partition coefficient (Wildman–Crippen LogP) is 4.85. The summed E-state index contributed by atoms with van der Waals surface area (Å²) in [6, 6.07) is 21.0. The Kier molecular flexibility index (Phi) is 7.29. The van der Waals surface area contributed by atoms with Crippen molar-refractivity contribution in [3.8, 4) is 0 Å². The van der Waals surface area contributed by atoms with Crippen molar-refractivity contribution in [2.24, 2.45) is 0 Å². The van der Waals surface area contributed by atoms with Crippen molar-refractivity contribution in [2.45, 2.75) is 37.5 Å². The van der Waals surface area contributed by atoms with Gasteiger partial charge in [-0.3, -0.25) is 14.4 Å². The molecule has 2 aliphatic heterocycles. The van der Waals surface area contributed by atoms with Crippen molar-refractivity contribution in [1.29, 1.82) is 0 Å². The number of nitrogens with one attached hydrogen (secondary N) is 3. The van der Waals surface area contributed by atoms with E-state index in [9.17, 15) is 14.4 Å². The minimum Gasteiger partial charge on any atom is -0.356 e. The topological polar surface area (TPSA) is 94.3 Å². The summed E-state index contributed by atoms with van der Waals surface area (Å²) in [5.74, 6) is -0.0472. The molecule has 6 rings (SSSR count). The molecule has 0 fully saturated rings. The first-order valence-electron chi connectivity index (χ1n) is 13.3. The molecule has 0 saturated heterocycles. The Morgan fingerprint density at radius 3 is 2.62 bits per heavy atom. The maximum Gasteiger partial charge on any atom is 0.255 e. The van der Waals surface area contributed by atoms with Crippen LogP contribution in [0, 0.1) is 0 Å². The average Bonchev–Trinajstić information content (AvgIpc) is 3.49. The van der Waals surface area contributed by atoms with Gasteiger partial charge in [0.1, 0.15) is 12.1 Å². The highest BCUT2D eigenvalue weighted by atomic mass is 35.5. The number of carbonyl (C=O) groups excluding carboxylic acids is 3. The fraction of sp³-hybridized carbons (Fsp3) is 0.258. The second kappa shape index (κ2) is 11.0. The van der Waals surface area contributed by atoms with Gasteiger partial charge in [0.2, 0.25) is 11.8 Å². The van der Waals surface area contributed by atoms with Gasteiger partial charge in [-0.2, -0.15) is 11.8 Å². The van der Waals surface area contributed by atoms with Crippen LogP contribution < -0.4 is 10.6 Å². The van der Waals surface area contributed by atoms with E-state index in [2.05, 4.69) is 15.6 Å². The van der Waals surface area contributed by atoms with E-state index >= 15 is 0 Å². The number of thioether (sulfide) groups is 1. The van der Waals surface area contributed by atoms with Crippen molar-refractivity contribution in [1.82, 2.24) is 20.5 Å². The molecule has 9 heteroatoms. The van der Waals surface area contributed by atoms with Crippen LogP contribution in [0.3, 0.4) is 0 Å². The van der Waals surface area contributed by atoms with Gasteiger partial charge in [0.05, 0.1) is 6.04 Å². The molecule has 1 aromatic heterocycles. The summed E-state index contributed by atoms with van der Waals surface area (Å²) >= 11 is 7.59. The molecule has 0 aliphatic carbocycles. The molecular weight excluding hydrogens is 544 g/mol. The number of nitrogens with zero attached hydrogens (tertiary/aromatic N) is 1. The number of fused-ring (bicyclic) bond motifs is 7. The minimum atomic E-state index is -0.752. The van der Waals surface area contributed by atoms with Crippen LogP contribution in [0.15, 0.2) is 72.8 Å². The summed E-state index contributed by atoms with van der Waals surface area (Å²) in [5.41, 5.74) is 5.37. The van der Waals surface area contributed by atoms with Gasteiger partial charge in [0, 0.05) is 40.1 Å². The fourth-order valence-electron chi connectivity index (χ4n) is 5.82. The standard InChI is InChI=1S/C31H29ClN4O3S/c1-40-15-14-25(29(37)33-17-18-10-12-19(32)13-11-18)35-30(38)26-16-23-20-6-4-5-9-24(20)34-27(23)28-21-7-2-3-8-22(21)31(39)36(26)28/h2-13,25-26,28,34H,14-17H2,1H3,(H,33,37)(H,35,38)/t25-,26-,28?/m0/s1. The first kappa shape index (κ1) is 26.5. The van der Waals surface area contributed by atoms with Crippen LogP contribution in [-0.2, 0) is 22.6 Å². The smallest absolute Gasteiger partial charge is 0.255 e. The van der Waals surface area contributed by atoms with Crippen molar-refractivity contribution in [2.75, 3.05) is 12.0 Å². The largest absolute Gasteiger partial charge is 0.356 e. The molecule has 40 heavy (non-hydrogen) atoms. The molecule has 1 unspecified atom stereocenters. The van der Waals surface area contributed by atoms with Gasteiger partial charge in [-0.25, -0.2) is 0 Å². The van der Waals surface area contributed by atoms with Crippen LogP contribution in [0.2, 0.25) is 5.02 Å². The number of H-pyrrole nitrogens is 1. The third kappa shape index (κ3) is 4.75. The van der Waals surface area contributed by atoms with Gasteiger partial charge in [0.25, 0.3) is 5.91 Å². The number of hydrogen-bond acceptors (Lipinski definition) is 4. The Labute approximate surface area is 241 Å². The lowest BCUT2D eigenvalue weighted by Gasteiger charge is -2.37. The summed E-state index contributed by atoms with van der Waals surface area (Å²) in [7, 11) is 0. The van der Waals surface area contributed by atoms with Crippen molar-refractivity contribution in [3.05, 3.63) is 106 Å². The Balaban J connectivity index is 1.29. The average molecular weight is 573 g/mol. The molecule has 0 radical (unpaired) electrons. The normalized spacial score (nSPS) is 18.1. The van der Waals surface area contributed by atoms with E-state index in [4.69, 9.17) is 11.6 Å². The lowest BCUT2D eigenvalue weighted by Crippen LogP contribution is -2.56. The zero-order chi connectivity index (χ0) is 27.8. The van der Waals surface area contributed by atoms with Gasteiger partial charge in [-0.1, -0.05) is 60.1 Å². The second-order valence-electron chi connectivity index (χ2n) is 10.2. The van der Waals surface area contributed by atoms with Crippen LogP contribution in [0.5, 0.6) is 0 Å². The first-order valence-corrected chi connectivity index (χ1v) is 15.1. The highest BCUT2D eigenvalue weighted by molar-refractivity contribution is 7.98. The first-order chi connectivity index (χ1) is 19.5. The third-order valence-corrected chi connectivity index (χ3v) is 8.67. The quantitative estimate of drug-likeness (QED) is 0.281. The van der Waals surface area contributed by atoms with Gasteiger partial charge in [-0.05, 0) is 59.4 Å². The summed E-state index contributed by atoms with van der Waals surface area (Å²) in [6.07, 6.45) is 2.81. The number of halogens is 1. The molecule has 7 nitrogen and oxygen atoms in total. The Hall–Kier alpha value is -3.75. The van der Waals surface area contributed by atoms with Gasteiger partial charge in [-0.15, -0.1) is 0 Å². The van der Waals surface area contributed by atoms with Crippen LogP contribution in [-0.4, -0.2) is 51.7 Å². The molecule has 3 atom stereocenters. The lowest BCUT2D eigenvalue weighted by molar-refractivity contribution is -0.132. The summed E-state index contributed by atoms with van der Waals surface area (Å²) < 4.78 is 0. The Bertz CT molecular complexity index is 1600. The number of hydrogen-bond donors (Lipinski definition) is 3. The number of carbonyl (C=O) groups is 3. The predicted molar refractivity (Wildman–Crippen MR) is 158 cm³/mol. The highest BCUT2D eigenvalue weighted by Crippen LogP contribution is 2.46. The highest BCUT2D eigenvalue weighted by Gasteiger charge is 2.49. The van der Waals surface area contributed by atoms with Crippen LogP contribution in [0.1, 0.15) is 45.2 Å². The molecule has 3 amide bonds. The maximum absolute atomic E-state index is 14.0. The fourth-order valence-corrected chi connectivity index (χ4v) is 6.42. The number of aromatic nitrogens is 1. The molecular formula is C31H29ClN4O3S. The Morgan fingerprint density at radius 2 is 1.82 bits per heavy atom. The molecule has 0 saturated carbocycles. The second-order valence-corrected chi connectivity index (χ2v) is 11.6.